The molecular weight excluding hydrogens is 331 g/mol. The van der Waals surface area contributed by atoms with Crippen LogP contribution in [0.25, 0.3) is 5.70 Å². The number of halogens is 1. The highest BCUT2D eigenvalue weighted by Gasteiger charge is 2.33. The Morgan fingerprint density at radius 3 is 2.77 bits per heavy atom. The quantitative estimate of drug-likeness (QED) is 0.428. The number of allylic oxidation sites excluding steroid dienone is 2. The molecule has 2 rings (SSSR count). The molecule has 1 fully saturated rings. The number of aliphatic hydroxyl groups excluding tert-OH is 1. The number of hydrogen-bond donors (Lipinski definition) is 3. The molecule has 3 unspecified atom stereocenters. The van der Waals surface area contributed by atoms with Gasteiger partial charge in [-0.1, -0.05) is 43.9 Å². The van der Waals surface area contributed by atoms with Crippen molar-refractivity contribution < 1.29 is 14.3 Å². The number of ketones is 1. The Kier molecular flexibility index (Phi) is 6.64. The Hall–Kier alpha value is -2.53. The maximum Gasteiger partial charge on any atom is 0.169 e. The summed E-state index contributed by atoms with van der Waals surface area (Å²) in [5.41, 5.74) is 0.351. The minimum atomic E-state index is -1.04. The number of rotatable bonds is 5. The predicted molar refractivity (Wildman–Crippen MR) is 102 cm³/mol. The SMILES string of the molecule is C=C/C=C\C(C)N/C(=C1\C(=N)C(O)CCC(C)C1=O)c1ccccc1F. The van der Waals surface area contributed by atoms with Crippen LogP contribution in [0.15, 0.2) is 54.6 Å². The van der Waals surface area contributed by atoms with Crippen LogP contribution in [0.2, 0.25) is 0 Å². The second-order valence-electron chi connectivity index (χ2n) is 6.56. The van der Waals surface area contributed by atoms with Crippen molar-refractivity contribution in [3.05, 3.63) is 66.0 Å². The minimum absolute atomic E-state index is 0.0615. The third-order valence-electron chi connectivity index (χ3n) is 4.47. The molecule has 0 heterocycles. The largest absolute Gasteiger partial charge is 0.387 e. The lowest BCUT2D eigenvalue weighted by Gasteiger charge is -2.21. The van der Waals surface area contributed by atoms with E-state index in [1.54, 1.807) is 37.3 Å². The van der Waals surface area contributed by atoms with E-state index in [2.05, 4.69) is 11.9 Å². The van der Waals surface area contributed by atoms with Crippen LogP contribution in [-0.2, 0) is 4.79 Å². The molecule has 0 saturated heterocycles. The molecule has 3 atom stereocenters. The van der Waals surface area contributed by atoms with Crippen LogP contribution in [0.5, 0.6) is 0 Å². The first-order valence-corrected chi connectivity index (χ1v) is 8.72. The minimum Gasteiger partial charge on any atom is -0.387 e. The molecule has 5 heteroatoms. The second-order valence-corrected chi connectivity index (χ2v) is 6.56. The number of carbonyl (C=O) groups excluding carboxylic acids is 1. The zero-order chi connectivity index (χ0) is 19.3. The lowest BCUT2D eigenvalue weighted by molar-refractivity contribution is -0.118. The van der Waals surface area contributed by atoms with Crippen molar-refractivity contribution >= 4 is 17.2 Å². The summed E-state index contributed by atoms with van der Waals surface area (Å²) in [6.45, 7) is 7.25. The molecular formula is C21H25FN2O2. The van der Waals surface area contributed by atoms with Gasteiger partial charge in [-0.25, -0.2) is 4.39 Å². The van der Waals surface area contributed by atoms with Crippen molar-refractivity contribution in [2.45, 2.75) is 38.8 Å². The van der Waals surface area contributed by atoms with E-state index in [1.165, 1.54) is 6.07 Å². The topological polar surface area (TPSA) is 73.2 Å². The Morgan fingerprint density at radius 1 is 1.42 bits per heavy atom. The van der Waals surface area contributed by atoms with Crippen molar-refractivity contribution in [1.82, 2.24) is 5.32 Å². The third kappa shape index (κ3) is 4.35. The van der Waals surface area contributed by atoms with Crippen LogP contribution in [0.3, 0.4) is 0 Å². The monoisotopic (exact) mass is 356 g/mol. The number of Topliss-reactive ketones (excluding diaryl/α,β-unsaturated/α-hetero) is 1. The van der Waals surface area contributed by atoms with E-state index in [0.29, 0.717) is 12.8 Å². The fraction of sp³-hybridized carbons (Fsp3) is 0.333. The van der Waals surface area contributed by atoms with Crippen molar-refractivity contribution in [3.8, 4) is 0 Å². The maximum absolute atomic E-state index is 14.5. The molecule has 0 radical (unpaired) electrons. The Bertz CT molecular complexity index is 743. The Labute approximate surface area is 153 Å². The van der Waals surface area contributed by atoms with Crippen molar-refractivity contribution in [2.24, 2.45) is 5.92 Å². The lowest BCUT2D eigenvalue weighted by atomic mass is 9.92. The van der Waals surface area contributed by atoms with Gasteiger partial charge in [-0.2, -0.15) is 0 Å². The number of benzene rings is 1. The highest BCUT2D eigenvalue weighted by atomic mass is 19.1. The summed E-state index contributed by atoms with van der Waals surface area (Å²) in [6, 6.07) is 5.89. The first kappa shape index (κ1) is 19.8. The van der Waals surface area contributed by atoms with E-state index in [9.17, 15) is 14.3 Å². The van der Waals surface area contributed by atoms with Gasteiger partial charge in [0.1, 0.15) is 5.82 Å². The summed E-state index contributed by atoms with van der Waals surface area (Å²) < 4.78 is 14.5. The summed E-state index contributed by atoms with van der Waals surface area (Å²) in [6.07, 6.45) is 4.98. The fourth-order valence-corrected chi connectivity index (χ4v) is 2.96. The number of carbonyl (C=O) groups is 1. The lowest BCUT2D eigenvalue weighted by Crippen LogP contribution is -2.31. The van der Waals surface area contributed by atoms with E-state index < -0.39 is 11.9 Å². The fourth-order valence-electron chi connectivity index (χ4n) is 2.96. The molecule has 0 spiro atoms. The van der Waals surface area contributed by atoms with Crippen LogP contribution >= 0.6 is 0 Å². The number of hydrogen-bond acceptors (Lipinski definition) is 4. The van der Waals surface area contributed by atoms with Gasteiger partial charge in [0.05, 0.1) is 23.1 Å². The number of aliphatic hydroxyl groups is 1. The predicted octanol–water partition coefficient (Wildman–Crippen LogP) is 3.64. The first-order chi connectivity index (χ1) is 12.4. The van der Waals surface area contributed by atoms with Crippen LogP contribution in [0, 0.1) is 17.1 Å². The van der Waals surface area contributed by atoms with Crippen LogP contribution < -0.4 is 5.32 Å². The molecule has 1 aromatic rings. The number of nitrogens with one attached hydrogen (secondary N) is 2. The molecule has 1 saturated carbocycles. The summed E-state index contributed by atoms with van der Waals surface area (Å²) in [4.78, 5) is 12.9. The van der Waals surface area contributed by atoms with Gasteiger partial charge < -0.3 is 15.8 Å². The van der Waals surface area contributed by atoms with Crippen LogP contribution in [0.4, 0.5) is 4.39 Å². The molecule has 0 aliphatic heterocycles. The van der Waals surface area contributed by atoms with Gasteiger partial charge in [0, 0.05) is 17.5 Å². The zero-order valence-corrected chi connectivity index (χ0v) is 15.1. The highest BCUT2D eigenvalue weighted by molar-refractivity contribution is 6.28. The normalized spacial score (nSPS) is 24.3. The summed E-state index contributed by atoms with van der Waals surface area (Å²) in [5, 5.41) is 21.7. The first-order valence-electron chi connectivity index (χ1n) is 8.72. The van der Waals surface area contributed by atoms with E-state index in [4.69, 9.17) is 5.41 Å². The molecule has 0 aromatic heterocycles. The average molecular weight is 356 g/mol. The molecule has 26 heavy (non-hydrogen) atoms. The second kappa shape index (κ2) is 8.72. The van der Waals surface area contributed by atoms with Gasteiger partial charge in [-0.15, -0.1) is 0 Å². The van der Waals surface area contributed by atoms with Crippen LogP contribution in [-0.4, -0.2) is 28.7 Å². The van der Waals surface area contributed by atoms with Crippen LogP contribution in [0.1, 0.15) is 32.3 Å². The van der Waals surface area contributed by atoms with Gasteiger partial charge in [0.2, 0.25) is 0 Å². The van der Waals surface area contributed by atoms with Crippen molar-refractivity contribution in [3.63, 3.8) is 0 Å². The smallest absolute Gasteiger partial charge is 0.169 e. The summed E-state index contributed by atoms with van der Waals surface area (Å²) in [5.74, 6) is -1.09. The average Bonchev–Trinajstić information content (AvgIpc) is 2.71. The van der Waals surface area contributed by atoms with E-state index in [1.807, 2.05) is 13.0 Å². The summed E-state index contributed by atoms with van der Waals surface area (Å²) >= 11 is 0. The molecule has 1 aliphatic carbocycles. The standard InChI is InChI=1S/C21H25FN2O2/c1-4-5-8-14(3)24-20(15-9-6-7-10-16(15)22)18-19(23)17(25)12-11-13(2)21(18)26/h4-10,13-14,17,23-25H,1,11-12H2,2-3H3/b8-5-,20-18+,23-19?. The van der Waals surface area contributed by atoms with Gasteiger partial charge in [0.25, 0.3) is 0 Å². The molecule has 1 aliphatic rings. The Morgan fingerprint density at radius 2 is 2.12 bits per heavy atom. The maximum atomic E-state index is 14.5. The van der Waals surface area contributed by atoms with E-state index >= 15 is 0 Å². The van der Waals surface area contributed by atoms with Gasteiger partial charge in [-0.3, -0.25) is 4.79 Å². The van der Waals surface area contributed by atoms with Crippen molar-refractivity contribution in [1.29, 1.82) is 5.41 Å². The van der Waals surface area contributed by atoms with Gasteiger partial charge in [-0.05, 0) is 31.9 Å². The molecule has 1 aromatic carbocycles. The molecule has 3 N–H and O–H groups in total. The van der Waals surface area contributed by atoms with E-state index in [-0.39, 0.29) is 40.3 Å². The van der Waals surface area contributed by atoms with Crippen molar-refractivity contribution in [2.75, 3.05) is 0 Å². The zero-order valence-electron chi connectivity index (χ0n) is 15.1. The molecule has 4 nitrogen and oxygen atoms in total. The Balaban J connectivity index is 2.66. The van der Waals surface area contributed by atoms with Gasteiger partial charge >= 0.3 is 0 Å². The summed E-state index contributed by atoms with van der Waals surface area (Å²) in [7, 11) is 0. The molecule has 138 valence electrons. The van der Waals surface area contributed by atoms with E-state index in [0.717, 1.165) is 0 Å². The molecule has 0 bridgehead atoms. The third-order valence-corrected chi connectivity index (χ3v) is 4.47. The van der Waals surface area contributed by atoms with Gasteiger partial charge in [0.15, 0.2) is 5.78 Å². The molecule has 0 amide bonds. The highest BCUT2D eigenvalue weighted by Crippen LogP contribution is 2.29.